The number of hydrogen-bond acceptors (Lipinski definition) is 2. The standard InChI is InChI=1S/C10H22O2Si/c1-10(2,3)12-13-11-9-7-5-4-6-8-9/h9H,4-8,13H2,1-3H3. The largest absolute Gasteiger partial charge is 0.396 e. The van der Waals surface area contributed by atoms with Crippen molar-refractivity contribution in [3.05, 3.63) is 0 Å². The Hall–Kier alpha value is 0.137. The lowest BCUT2D eigenvalue weighted by atomic mass is 9.98. The van der Waals surface area contributed by atoms with Gasteiger partial charge in [0.05, 0.1) is 0 Å². The van der Waals surface area contributed by atoms with Gasteiger partial charge in [0.1, 0.15) is 0 Å². The topological polar surface area (TPSA) is 18.5 Å². The molecular formula is C10H22O2Si. The second-order valence-corrected chi connectivity index (χ2v) is 5.66. The van der Waals surface area contributed by atoms with Crippen molar-refractivity contribution >= 4 is 10.0 Å². The molecule has 0 unspecified atom stereocenters. The zero-order chi connectivity index (χ0) is 9.73. The van der Waals surface area contributed by atoms with Crippen molar-refractivity contribution in [2.45, 2.75) is 64.6 Å². The van der Waals surface area contributed by atoms with Crippen LogP contribution in [0.25, 0.3) is 0 Å². The summed E-state index contributed by atoms with van der Waals surface area (Å²) in [7, 11) is -0.738. The maximum atomic E-state index is 5.78. The molecule has 0 saturated heterocycles. The van der Waals surface area contributed by atoms with Gasteiger partial charge >= 0.3 is 10.0 Å². The zero-order valence-corrected chi connectivity index (χ0v) is 10.6. The first-order chi connectivity index (χ1) is 6.08. The summed E-state index contributed by atoms with van der Waals surface area (Å²) < 4.78 is 11.4. The second kappa shape index (κ2) is 5.13. The average molecular weight is 202 g/mol. The van der Waals surface area contributed by atoms with Gasteiger partial charge in [0, 0.05) is 11.7 Å². The van der Waals surface area contributed by atoms with Gasteiger partial charge < -0.3 is 8.85 Å². The van der Waals surface area contributed by atoms with Gasteiger partial charge in [-0.2, -0.15) is 0 Å². The predicted octanol–water partition coefficient (Wildman–Crippen LogP) is 2.15. The van der Waals surface area contributed by atoms with Crippen LogP contribution in [0, 0.1) is 0 Å². The summed E-state index contributed by atoms with van der Waals surface area (Å²) in [5.41, 5.74) is -0.0130. The highest BCUT2D eigenvalue weighted by Crippen LogP contribution is 2.20. The van der Waals surface area contributed by atoms with E-state index in [4.69, 9.17) is 8.85 Å². The van der Waals surface area contributed by atoms with Crippen LogP contribution in [0.2, 0.25) is 0 Å². The molecule has 1 saturated carbocycles. The fourth-order valence-corrected chi connectivity index (χ4v) is 2.49. The summed E-state index contributed by atoms with van der Waals surface area (Å²) in [6.07, 6.45) is 7.09. The number of hydrogen-bond donors (Lipinski definition) is 0. The van der Waals surface area contributed by atoms with Crippen LogP contribution in [0.5, 0.6) is 0 Å². The Kier molecular flexibility index (Phi) is 4.42. The van der Waals surface area contributed by atoms with E-state index in [9.17, 15) is 0 Å². The van der Waals surface area contributed by atoms with Crippen molar-refractivity contribution in [1.29, 1.82) is 0 Å². The third-order valence-corrected chi connectivity index (χ3v) is 3.94. The van der Waals surface area contributed by atoms with Gasteiger partial charge in [-0.15, -0.1) is 0 Å². The molecule has 1 fully saturated rings. The van der Waals surface area contributed by atoms with Gasteiger partial charge in [-0.05, 0) is 33.6 Å². The lowest BCUT2D eigenvalue weighted by Gasteiger charge is -2.25. The van der Waals surface area contributed by atoms with Crippen molar-refractivity contribution in [2.24, 2.45) is 0 Å². The summed E-state index contributed by atoms with van der Waals surface area (Å²) in [6, 6.07) is 0. The summed E-state index contributed by atoms with van der Waals surface area (Å²) in [5.74, 6) is 0. The molecular weight excluding hydrogens is 180 g/mol. The molecule has 0 radical (unpaired) electrons. The predicted molar refractivity (Wildman–Crippen MR) is 57.3 cm³/mol. The van der Waals surface area contributed by atoms with Gasteiger partial charge in [-0.25, -0.2) is 0 Å². The van der Waals surface area contributed by atoms with Crippen molar-refractivity contribution in [3.63, 3.8) is 0 Å². The molecule has 2 nitrogen and oxygen atoms in total. The number of rotatable bonds is 3. The fourth-order valence-electron chi connectivity index (χ4n) is 1.54. The normalized spacial score (nSPS) is 21.5. The van der Waals surface area contributed by atoms with Crippen molar-refractivity contribution in [3.8, 4) is 0 Å². The van der Waals surface area contributed by atoms with E-state index >= 15 is 0 Å². The fraction of sp³-hybridized carbons (Fsp3) is 1.00. The Morgan fingerprint density at radius 2 is 1.69 bits per heavy atom. The summed E-state index contributed by atoms with van der Waals surface area (Å²) in [5, 5.41) is 0. The highest BCUT2D eigenvalue weighted by Gasteiger charge is 2.15. The van der Waals surface area contributed by atoms with Crippen molar-refractivity contribution in [2.75, 3.05) is 0 Å². The lowest BCUT2D eigenvalue weighted by molar-refractivity contribution is 0.0658. The molecule has 0 aromatic rings. The van der Waals surface area contributed by atoms with E-state index in [2.05, 4.69) is 20.8 Å². The molecule has 0 bridgehead atoms. The van der Waals surface area contributed by atoms with Gasteiger partial charge in [-0.1, -0.05) is 19.3 Å². The van der Waals surface area contributed by atoms with Crippen LogP contribution in [0.1, 0.15) is 52.9 Å². The van der Waals surface area contributed by atoms with Crippen LogP contribution in [0.3, 0.4) is 0 Å². The molecule has 0 N–H and O–H groups in total. The SMILES string of the molecule is CC(C)(C)O[SiH2]OC1CCCCC1. The zero-order valence-electron chi connectivity index (χ0n) is 9.14. The molecule has 1 aliphatic rings. The molecule has 0 heterocycles. The molecule has 1 rings (SSSR count). The van der Waals surface area contributed by atoms with Crippen LogP contribution in [0.15, 0.2) is 0 Å². The smallest absolute Gasteiger partial charge is 0.305 e. The van der Waals surface area contributed by atoms with Gasteiger partial charge in [0.25, 0.3) is 0 Å². The first-order valence-corrected chi connectivity index (χ1v) is 6.49. The molecule has 13 heavy (non-hydrogen) atoms. The minimum Gasteiger partial charge on any atom is -0.396 e. The first kappa shape index (κ1) is 11.2. The Morgan fingerprint density at radius 1 is 1.08 bits per heavy atom. The Morgan fingerprint density at radius 3 is 2.23 bits per heavy atom. The molecule has 0 aromatic heterocycles. The van der Waals surface area contributed by atoms with E-state index in [0.29, 0.717) is 6.10 Å². The Bertz CT molecular complexity index is 136. The molecule has 0 aromatic carbocycles. The second-order valence-electron chi connectivity index (χ2n) is 4.80. The molecule has 0 aliphatic heterocycles. The summed E-state index contributed by atoms with van der Waals surface area (Å²) in [4.78, 5) is 0. The Balaban J connectivity index is 2.04. The minimum atomic E-state index is -0.738. The van der Waals surface area contributed by atoms with Crippen LogP contribution < -0.4 is 0 Å². The minimum absolute atomic E-state index is 0.0130. The quantitative estimate of drug-likeness (QED) is 0.653. The van der Waals surface area contributed by atoms with E-state index in [1.54, 1.807) is 0 Å². The van der Waals surface area contributed by atoms with Crippen LogP contribution in [0.4, 0.5) is 0 Å². The third kappa shape index (κ3) is 5.44. The molecule has 78 valence electrons. The monoisotopic (exact) mass is 202 g/mol. The van der Waals surface area contributed by atoms with E-state index in [1.165, 1.54) is 32.1 Å². The van der Waals surface area contributed by atoms with Gasteiger partial charge in [0.2, 0.25) is 0 Å². The third-order valence-electron chi connectivity index (χ3n) is 2.35. The maximum absolute atomic E-state index is 5.78. The molecule has 0 amide bonds. The van der Waals surface area contributed by atoms with Gasteiger partial charge in [0.15, 0.2) is 0 Å². The molecule has 1 aliphatic carbocycles. The molecule has 0 atom stereocenters. The molecule has 0 spiro atoms. The highest BCUT2D eigenvalue weighted by molar-refractivity contribution is 6.18. The van der Waals surface area contributed by atoms with Crippen LogP contribution in [-0.4, -0.2) is 21.7 Å². The van der Waals surface area contributed by atoms with E-state index in [-0.39, 0.29) is 5.60 Å². The van der Waals surface area contributed by atoms with Crippen LogP contribution >= 0.6 is 0 Å². The van der Waals surface area contributed by atoms with E-state index in [1.807, 2.05) is 0 Å². The summed E-state index contributed by atoms with van der Waals surface area (Å²) >= 11 is 0. The summed E-state index contributed by atoms with van der Waals surface area (Å²) in [6.45, 7) is 6.26. The highest BCUT2D eigenvalue weighted by atomic mass is 28.3. The average Bonchev–Trinajstić information content (AvgIpc) is 2.04. The van der Waals surface area contributed by atoms with E-state index < -0.39 is 10.0 Å². The van der Waals surface area contributed by atoms with Crippen molar-refractivity contribution in [1.82, 2.24) is 0 Å². The van der Waals surface area contributed by atoms with Crippen LogP contribution in [-0.2, 0) is 8.85 Å². The first-order valence-electron chi connectivity index (χ1n) is 5.33. The lowest BCUT2D eigenvalue weighted by Crippen LogP contribution is -2.27. The van der Waals surface area contributed by atoms with Crippen molar-refractivity contribution < 1.29 is 8.85 Å². The van der Waals surface area contributed by atoms with E-state index in [0.717, 1.165) is 0 Å². The Labute approximate surface area is 84.1 Å². The maximum Gasteiger partial charge on any atom is 0.305 e. The molecule has 3 heteroatoms. The van der Waals surface area contributed by atoms with Gasteiger partial charge in [-0.3, -0.25) is 0 Å².